The summed E-state index contributed by atoms with van der Waals surface area (Å²) in [6, 6.07) is 12.4. The van der Waals surface area contributed by atoms with Crippen LogP contribution in [0.5, 0.6) is 0 Å². The lowest BCUT2D eigenvalue weighted by molar-refractivity contribution is 0.262. The Balaban J connectivity index is 1.78. The van der Waals surface area contributed by atoms with E-state index in [-0.39, 0.29) is 6.03 Å². The zero-order valence-corrected chi connectivity index (χ0v) is 9.95. The maximum Gasteiger partial charge on any atom is 0.324 e. The average Bonchev–Trinajstić information content (AvgIpc) is 2.89. The van der Waals surface area contributed by atoms with Gasteiger partial charge in [0.05, 0.1) is 6.20 Å². The number of amides is 2. The lowest BCUT2D eigenvalue weighted by atomic mass is 10.3. The Bertz CT molecular complexity index is 707. The number of carbonyl (C=O) groups excluding carboxylic acids is 1. The molecule has 6 heteroatoms. The molecule has 19 heavy (non-hydrogen) atoms. The highest BCUT2D eigenvalue weighted by molar-refractivity contribution is 5.99. The summed E-state index contributed by atoms with van der Waals surface area (Å²) in [6.07, 6.45) is 3.25. The molecule has 2 heterocycles. The van der Waals surface area contributed by atoms with Gasteiger partial charge in [-0.15, -0.1) is 0 Å². The van der Waals surface area contributed by atoms with Crippen molar-refractivity contribution in [3.05, 3.63) is 54.9 Å². The summed E-state index contributed by atoms with van der Waals surface area (Å²) < 4.78 is 1.56. The third-order valence-corrected chi connectivity index (χ3v) is 2.56. The summed E-state index contributed by atoms with van der Waals surface area (Å²) in [5, 5.41) is 9.56. The zero-order valence-electron chi connectivity index (χ0n) is 9.95. The monoisotopic (exact) mass is 253 g/mol. The van der Waals surface area contributed by atoms with Gasteiger partial charge in [0.1, 0.15) is 5.82 Å². The number of hydrogen-bond acceptors (Lipinski definition) is 3. The van der Waals surface area contributed by atoms with Gasteiger partial charge >= 0.3 is 6.03 Å². The molecular formula is C13H11N5O. The molecule has 3 aromatic rings. The fourth-order valence-electron chi connectivity index (χ4n) is 1.73. The molecule has 0 spiro atoms. The van der Waals surface area contributed by atoms with E-state index < -0.39 is 0 Å². The Morgan fingerprint density at radius 3 is 2.68 bits per heavy atom. The number of urea groups is 1. The van der Waals surface area contributed by atoms with Crippen molar-refractivity contribution in [3.8, 4) is 0 Å². The summed E-state index contributed by atoms with van der Waals surface area (Å²) in [5.74, 6) is 0.559. The second-order valence-electron chi connectivity index (χ2n) is 3.88. The molecule has 0 radical (unpaired) electrons. The molecule has 0 saturated heterocycles. The third kappa shape index (κ3) is 2.37. The highest BCUT2D eigenvalue weighted by Crippen LogP contribution is 2.10. The molecule has 2 aromatic heterocycles. The Labute approximate surface area is 109 Å². The number of para-hydroxylation sites is 1. The number of nitrogens with one attached hydrogen (secondary N) is 2. The van der Waals surface area contributed by atoms with Crippen LogP contribution in [-0.2, 0) is 0 Å². The van der Waals surface area contributed by atoms with Crippen molar-refractivity contribution < 1.29 is 4.79 Å². The van der Waals surface area contributed by atoms with Gasteiger partial charge in [-0.2, -0.15) is 9.61 Å². The van der Waals surface area contributed by atoms with E-state index in [1.54, 1.807) is 29.0 Å². The lowest BCUT2D eigenvalue weighted by Gasteiger charge is -2.08. The summed E-state index contributed by atoms with van der Waals surface area (Å²) in [5.41, 5.74) is 1.41. The van der Waals surface area contributed by atoms with Crippen LogP contribution in [0.15, 0.2) is 54.9 Å². The molecule has 0 saturated carbocycles. The van der Waals surface area contributed by atoms with Gasteiger partial charge in [0, 0.05) is 18.0 Å². The van der Waals surface area contributed by atoms with E-state index in [0.29, 0.717) is 11.5 Å². The van der Waals surface area contributed by atoms with Crippen molar-refractivity contribution >= 4 is 23.2 Å². The number of carbonyl (C=O) groups is 1. The summed E-state index contributed by atoms with van der Waals surface area (Å²) >= 11 is 0. The van der Waals surface area contributed by atoms with Crippen LogP contribution in [0.25, 0.3) is 5.65 Å². The van der Waals surface area contributed by atoms with E-state index in [1.165, 1.54) is 0 Å². The predicted molar refractivity (Wildman–Crippen MR) is 72.1 cm³/mol. The first-order chi connectivity index (χ1) is 9.33. The fraction of sp³-hybridized carbons (Fsp3) is 0. The first-order valence-electron chi connectivity index (χ1n) is 5.75. The van der Waals surface area contributed by atoms with Crippen molar-refractivity contribution in [2.24, 2.45) is 0 Å². The molecule has 0 atom stereocenters. The average molecular weight is 253 g/mol. The summed E-state index contributed by atoms with van der Waals surface area (Å²) in [7, 11) is 0. The molecule has 2 amide bonds. The first kappa shape index (κ1) is 11.2. The van der Waals surface area contributed by atoms with Crippen LogP contribution in [0, 0.1) is 0 Å². The molecule has 0 aliphatic carbocycles. The summed E-state index contributed by atoms with van der Waals surface area (Å²) in [6.45, 7) is 0. The number of aromatic nitrogens is 3. The van der Waals surface area contributed by atoms with Crippen molar-refractivity contribution in [2.45, 2.75) is 0 Å². The summed E-state index contributed by atoms with van der Waals surface area (Å²) in [4.78, 5) is 16.0. The molecule has 1 aromatic carbocycles. The highest BCUT2D eigenvalue weighted by atomic mass is 16.2. The smallest absolute Gasteiger partial charge is 0.308 e. The van der Waals surface area contributed by atoms with Crippen LogP contribution >= 0.6 is 0 Å². The number of hydrogen-bond donors (Lipinski definition) is 2. The van der Waals surface area contributed by atoms with Gasteiger partial charge in [0.15, 0.2) is 5.65 Å². The highest BCUT2D eigenvalue weighted by Gasteiger charge is 2.06. The number of fused-ring (bicyclic) bond motifs is 1. The standard InChI is InChI=1S/C13H11N5O/c19-13(16-10-4-2-1-3-5-10)17-12-6-8-14-11-7-9-15-18(11)12/h1-9H,(H2,16,17,19). The molecule has 0 aliphatic rings. The first-order valence-corrected chi connectivity index (χ1v) is 5.75. The Kier molecular flexibility index (Phi) is 2.82. The second kappa shape index (κ2) is 4.77. The van der Waals surface area contributed by atoms with E-state index >= 15 is 0 Å². The van der Waals surface area contributed by atoms with E-state index in [1.807, 2.05) is 30.3 Å². The quantitative estimate of drug-likeness (QED) is 0.736. The molecule has 0 fully saturated rings. The topological polar surface area (TPSA) is 71.3 Å². The van der Waals surface area contributed by atoms with E-state index in [2.05, 4.69) is 20.7 Å². The van der Waals surface area contributed by atoms with Gasteiger partial charge in [0.2, 0.25) is 0 Å². The Morgan fingerprint density at radius 1 is 1.00 bits per heavy atom. The Hall–Kier alpha value is -2.89. The van der Waals surface area contributed by atoms with Crippen LogP contribution < -0.4 is 10.6 Å². The van der Waals surface area contributed by atoms with Crippen LogP contribution in [-0.4, -0.2) is 20.6 Å². The SMILES string of the molecule is O=C(Nc1ccccc1)Nc1ccnc2ccnn12. The second-order valence-corrected chi connectivity index (χ2v) is 3.88. The van der Waals surface area contributed by atoms with E-state index in [4.69, 9.17) is 0 Å². The fourth-order valence-corrected chi connectivity index (χ4v) is 1.73. The third-order valence-electron chi connectivity index (χ3n) is 2.56. The Morgan fingerprint density at radius 2 is 1.84 bits per heavy atom. The molecule has 2 N–H and O–H groups in total. The van der Waals surface area contributed by atoms with Crippen molar-refractivity contribution in [1.82, 2.24) is 14.6 Å². The van der Waals surface area contributed by atoms with Gasteiger partial charge in [-0.1, -0.05) is 18.2 Å². The van der Waals surface area contributed by atoms with E-state index in [0.717, 1.165) is 5.69 Å². The molecule has 0 unspecified atom stereocenters. The largest absolute Gasteiger partial charge is 0.324 e. The zero-order chi connectivity index (χ0) is 13.1. The molecular weight excluding hydrogens is 242 g/mol. The van der Waals surface area contributed by atoms with Gasteiger partial charge in [0.25, 0.3) is 0 Å². The van der Waals surface area contributed by atoms with Crippen LogP contribution in [0.2, 0.25) is 0 Å². The molecule has 94 valence electrons. The lowest BCUT2D eigenvalue weighted by Crippen LogP contribution is -2.21. The molecule has 3 rings (SSSR count). The van der Waals surface area contributed by atoms with Crippen molar-refractivity contribution in [3.63, 3.8) is 0 Å². The number of nitrogens with zero attached hydrogens (tertiary/aromatic N) is 3. The van der Waals surface area contributed by atoms with E-state index in [9.17, 15) is 4.79 Å². The normalized spacial score (nSPS) is 10.3. The molecule has 0 aliphatic heterocycles. The number of benzene rings is 1. The number of anilines is 2. The molecule has 6 nitrogen and oxygen atoms in total. The van der Waals surface area contributed by atoms with Gasteiger partial charge < -0.3 is 5.32 Å². The minimum Gasteiger partial charge on any atom is -0.308 e. The maximum atomic E-state index is 11.9. The van der Waals surface area contributed by atoms with Crippen molar-refractivity contribution in [2.75, 3.05) is 10.6 Å². The predicted octanol–water partition coefficient (Wildman–Crippen LogP) is 2.37. The minimum absolute atomic E-state index is 0.325. The van der Waals surface area contributed by atoms with Crippen LogP contribution in [0.3, 0.4) is 0 Å². The van der Waals surface area contributed by atoms with Gasteiger partial charge in [-0.05, 0) is 18.2 Å². The van der Waals surface area contributed by atoms with Crippen LogP contribution in [0.1, 0.15) is 0 Å². The maximum absolute atomic E-state index is 11.9. The van der Waals surface area contributed by atoms with Crippen molar-refractivity contribution in [1.29, 1.82) is 0 Å². The number of rotatable bonds is 2. The van der Waals surface area contributed by atoms with Gasteiger partial charge in [-0.3, -0.25) is 5.32 Å². The van der Waals surface area contributed by atoms with Gasteiger partial charge in [-0.25, -0.2) is 9.78 Å². The molecule has 0 bridgehead atoms. The minimum atomic E-state index is -0.325. The van der Waals surface area contributed by atoms with Crippen LogP contribution in [0.4, 0.5) is 16.3 Å².